The van der Waals surface area contributed by atoms with Crippen molar-refractivity contribution in [2.75, 3.05) is 0 Å². The molecule has 53 valence electrons. The van der Waals surface area contributed by atoms with E-state index in [1.54, 1.807) is 0 Å². The van der Waals surface area contributed by atoms with Crippen molar-refractivity contribution in [3.8, 4) is 0 Å². The smallest absolute Gasteiger partial charge is 0.310 e. The molecule has 6 heteroatoms. The number of nitrogens with zero attached hydrogens (tertiary/aromatic N) is 2. The number of hydrogen-bond acceptors (Lipinski definition) is 4. The van der Waals surface area contributed by atoms with Crippen molar-refractivity contribution in [3.63, 3.8) is 0 Å². The van der Waals surface area contributed by atoms with Gasteiger partial charge in [0.05, 0.1) is 6.42 Å². The average Bonchev–Trinajstić information content (AvgIpc) is 2.13. The second kappa shape index (κ2) is 2.89. The van der Waals surface area contributed by atoms with Gasteiger partial charge >= 0.3 is 5.97 Å². The number of hydrogen-bond donors (Lipinski definition) is 1. The maximum Gasteiger partial charge on any atom is 0.310 e. The van der Waals surface area contributed by atoms with Crippen LogP contribution in [0.4, 0.5) is 0 Å². The second-order valence-corrected chi connectivity index (χ2v) is 3.24. The van der Waals surface area contributed by atoms with E-state index in [1.807, 2.05) is 0 Å². The molecule has 0 unspecified atom stereocenters. The van der Waals surface area contributed by atoms with Crippen molar-refractivity contribution in [2.24, 2.45) is 0 Å². The maximum atomic E-state index is 10.1. The molecule has 1 N–H and O–H groups in total. The summed E-state index contributed by atoms with van der Waals surface area (Å²) in [4.78, 5) is 10.1. The standard InChI is InChI=1S/C4H3N2O2S2/c7-3(8)1-2-5-6-4(9)10-2/h1H2,(H,7,8). The van der Waals surface area contributed by atoms with Crippen LogP contribution in [0.2, 0.25) is 0 Å². The summed E-state index contributed by atoms with van der Waals surface area (Å²) in [5.41, 5.74) is 0. The zero-order chi connectivity index (χ0) is 7.56. The molecule has 0 bridgehead atoms. The van der Waals surface area contributed by atoms with Crippen LogP contribution in [0.3, 0.4) is 0 Å². The Morgan fingerprint density at radius 2 is 2.40 bits per heavy atom. The highest BCUT2D eigenvalue weighted by Gasteiger charge is 2.05. The zero-order valence-corrected chi connectivity index (χ0v) is 6.41. The van der Waals surface area contributed by atoms with Crippen LogP contribution in [-0.4, -0.2) is 21.3 Å². The number of aliphatic carboxylic acids is 1. The molecular weight excluding hydrogens is 172 g/mol. The summed E-state index contributed by atoms with van der Waals surface area (Å²) in [6.45, 7) is 0. The first kappa shape index (κ1) is 7.36. The van der Waals surface area contributed by atoms with Gasteiger partial charge in [-0.05, 0) is 12.6 Å². The van der Waals surface area contributed by atoms with Crippen LogP contribution in [0, 0.1) is 0 Å². The number of carbonyl (C=O) groups is 1. The summed E-state index contributed by atoms with van der Waals surface area (Å²) < 4.78 is 0.385. The Kier molecular flexibility index (Phi) is 2.13. The molecule has 0 spiro atoms. The Morgan fingerprint density at radius 3 is 2.80 bits per heavy atom. The van der Waals surface area contributed by atoms with Crippen LogP contribution in [0.15, 0.2) is 4.34 Å². The van der Waals surface area contributed by atoms with E-state index in [0.717, 1.165) is 11.3 Å². The monoisotopic (exact) mass is 175 g/mol. The fourth-order valence-electron chi connectivity index (χ4n) is 0.439. The molecule has 1 aromatic rings. The fraction of sp³-hybridized carbons (Fsp3) is 0.250. The van der Waals surface area contributed by atoms with Gasteiger partial charge in [0, 0.05) is 0 Å². The molecule has 1 aromatic heterocycles. The van der Waals surface area contributed by atoms with E-state index in [2.05, 4.69) is 22.8 Å². The minimum absolute atomic E-state index is 0.0890. The molecule has 4 nitrogen and oxygen atoms in total. The fourth-order valence-corrected chi connectivity index (χ4v) is 1.33. The lowest BCUT2D eigenvalue weighted by Crippen LogP contribution is -1.98. The molecule has 1 rings (SSSR count). The lowest BCUT2D eigenvalue weighted by Gasteiger charge is -1.82. The topological polar surface area (TPSA) is 63.1 Å². The van der Waals surface area contributed by atoms with Crippen LogP contribution in [-0.2, 0) is 11.2 Å². The summed E-state index contributed by atoms with van der Waals surface area (Å²) >= 11 is 5.77. The largest absolute Gasteiger partial charge is 0.481 e. The van der Waals surface area contributed by atoms with E-state index < -0.39 is 5.97 Å². The maximum absolute atomic E-state index is 10.1. The summed E-state index contributed by atoms with van der Waals surface area (Å²) in [5.74, 6) is -0.911. The molecule has 0 aliphatic carbocycles. The van der Waals surface area contributed by atoms with Gasteiger partial charge in [-0.3, -0.25) is 4.79 Å². The van der Waals surface area contributed by atoms with Crippen molar-refractivity contribution < 1.29 is 9.90 Å². The first-order valence-corrected chi connectivity index (χ1v) is 3.62. The summed E-state index contributed by atoms with van der Waals surface area (Å²) in [6.07, 6.45) is -0.0890. The number of aromatic nitrogens is 2. The Hall–Kier alpha value is -0.750. The predicted molar refractivity (Wildman–Crippen MR) is 37.1 cm³/mol. The minimum atomic E-state index is -0.911. The van der Waals surface area contributed by atoms with Gasteiger partial charge in [0.15, 0.2) is 0 Å². The Morgan fingerprint density at radius 1 is 1.70 bits per heavy atom. The van der Waals surface area contributed by atoms with Gasteiger partial charge in [-0.25, -0.2) is 0 Å². The number of rotatable bonds is 2. The van der Waals surface area contributed by atoms with E-state index in [-0.39, 0.29) is 6.42 Å². The zero-order valence-electron chi connectivity index (χ0n) is 4.77. The van der Waals surface area contributed by atoms with E-state index in [1.165, 1.54) is 0 Å². The Balaban J connectivity index is 2.67. The van der Waals surface area contributed by atoms with Crippen LogP contribution in [0.1, 0.15) is 5.01 Å². The molecule has 0 saturated heterocycles. The highest BCUT2D eigenvalue weighted by molar-refractivity contribution is 7.82. The van der Waals surface area contributed by atoms with Crippen LogP contribution in [0.5, 0.6) is 0 Å². The molecule has 0 saturated carbocycles. The van der Waals surface area contributed by atoms with E-state index >= 15 is 0 Å². The van der Waals surface area contributed by atoms with Gasteiger partial charge in [-0.2, -0.15) is 0 Å². The Labute approximate surface area is 66.3 Å². The normalized spacial score (nSPS) is 9.60. The molecule has 0 aliphatic heterocycles. The quantitative estimate of drug-likeness (QED) is 0.719. The van der Waals surface area contributed by atoms with Gasteiger partial charge in [0.1, 0.15) is 5.01 Å². The number of carboxylic acid groups (broad SMARTS) is 1. The summed E-state index contributed by atoms with van der Waals surface area (Å²) in [6, 6.07) is 0. The molecule has 0 amide bonds. The van der Waals surface area contributed by atoms with Gasteiger partial charge < -0.3 is 5.11 Å². The lowest BCUT2D eigenvalue weighted by molar-refractivity contribution is -0.136. The predicted octanol–water partition coefficient (Wildman–Crippen LogP) is 0.722. The van der Waals surface area contributed by atoms with Crippen LogP contribution < -0.4 is 0 Å². The molecule has 0 aromatic carbocycles. The number of carboxylic acids is 1. The van der Waals surface area contributed by atoms with Crippen molar-refractivity contribution >= 4 is 29.9 Å². The van der Waals surface area contributed by atoms with Crippen LogP contribution in [0.25, 0.3) is 0 Å². The van der Waals surface area contributed by atoms with Crippen molar-refractivity contribution in [1.29, 1.82) is 0 Å². The third-order valence-corrected chi connectivity index (χ3v) is 1.80. The van der Waals surface area contributed by atoms with Gasteiger partial charge in [-0.15, -0.1) is 10.2 Å². The average molecular weight is 175 g/mol. The molecule has 1 radical (unpaired) electrons. The lowest BCUT2D eigenvalue weighted by atomic mass is 10.5. The first-order chi connectivity index (χ1) is 4.68. The third kappa shape index (κ3) is 1.89. The van der Waals surface area contributed by atoms with Crippen molar-refractivity contribution in [1.82, 2.24) is 10.2 Å². The minimum Gasteiger partial charge on any atom is -0.481 e. The van der Waals surface area contributed by atoms with Gasteiger partial charge in [0.25, 0.3) is 0 Å². The second-order valence-electron chi connectivity index (χ2n) is 1.53. The van der Waals surface area contributed by atoms with E-state index in [9.17, 15) is 4.79 Å². The highest BCUT2D eigenvalue weighted by Crippen LogP contribution is 2.12. The third-order valence-electron chi connectivity index (χ3n) is 0.751. The molecule has 0 atom stereocenters. The molecule has 0 aliphatic rings. The Bertz CT molecular complexity index is 247. The molecule has 1 heterocycles. The highest BCUT2D eigenvalue weighted by atomic mass is 32.2. The van der Waals surface area contributed by atoms with Gasteiger partial charge in [0.2, 0.25) is 4.34 Å². The van der Waals surface area contributed by atoms with E-state index in [4.69, 9.17) is 5.11 Å². The van der Waals surface area contributed by atoms with Crippen LogP contribution >= 0.6 is 24.0 Å². The summed E-state index contributed by atoms with van der Waals surface area (Å²) in [7, 11) is 0. The first-order valence-electron chi connectivity index (χ1n) is 2.39. The van der Waals surface area contributed by atoms with Crippen molar-refractivity contribution in [3.05, 3.63) is 5.01 Å². The van der Waals surface area contributed by atoms with Crippen molar-refractivity contribution in [2.45, 2.75) is 10.8 Å². The molecular formula is C4H3N2O2S2. The molecule has 0 fully saturated rings. The SMILES string of the molecule is O=C(O)Cc1nnc([S])s1. The van der Waals surface area contributed by atoms with Gasteiger partial charge in [-0.1, -0.05) is 11.3 Å². The summed E-state index contributed by atoms with van der Waals surface area (Å²) in [5, 5.41) is 15.8. The van der Waals surface area contributed by atoms with E-state index in [0.29, 0.717) is 9.35 Å². The molecule has 10 heavy (non-hydrogen) atoms.